The molecule has 2 bridgehead atoms. The van der Waals surface area contributed by atoms with E-state index >= 15 is 0 Å². The van der Waals surface area contributed by atoms with E-state index in [0.717, 1.165) is 19.3 Å². The van der Waals surface area contributed by atoms with Crippen molar-refractivity contribution >= 4 is 11.9 Å². The smallest absolute Gasteiger partial charge is 0.307 e. The summed E-state index contributed by atoms with van der Waals surface area (Å²) in [7, 11) is 0. The molecular weight excluding hydrogens is 258 g/mol. The summed E-state index contributed by atoms with van der Waals surface area (Å²) >= 11 is 0. The van der Waals surface area contributed by atoms with Crippen LogP contribution in [0.5, 0.6) is 0 Å². The normalized spacial score (nSPS) is 30.7. The second-order valence-corrected chi connectivity index (χ2v) is 5.74. The average Bonchev–Trinajstić information content (AvgIpc) is 3.02. The van der Waals surface area contributed by atoms with Crippen LogP contribution in [0.25, 0.3) is 0 Å². The molecule has 112 valence electrons. The van der Waals surface area contributed by atoms with E-state index in [1.165, 1.54) is 0 Å². The van der Waals surface area contributed by atoms with Gasteiger partial charge in [-0.05, 0) is 24.7 Å². The predicted molar refractivity (Wildman–Crippen MR) is 73.9 cm³/mol. The Morgan fingerprint density at radius 1 is 1.20 bits per heavy atom. The SMILES string of the molecule is CCCCN(CCO)C(=O)[C@H]1C2C=CC(C2)[C@H]1C(=O)O. The number of nitrogens with zero attached hydrogens (tertiary/aromatic N) is 1. The zero-order valence-electron chi connectivity index (χ0n) is 11.9. The third-order valence-corrected chi connectivity index (χ3v) is 4.49. The van der Waals surface area contributed by atoms with Crippen LogP contribution in [0.4, 0.5) is 0 Å². The third-order valence-electron chi connectivity index (χ3n) is 4.49. The van der Waals surface area contributed by atoms with E-state index in [1.54, 1.807) is 4.90 Å². The van der Waals surface area contributed by atoms with Gasteiger partial charge in [0.05, 0.1) is 18.4 Å². The molecule has 0 aliphatic heterocycles. The molecule has 0 saturated heterocycles. The molecule has 2 N–H and O–H groups in total. The molecule has 5 heteroatoms. The van der Waals surface area contributed by atoms with Gasteiger partial charge in [-0.1, -0.05) is 25.5 Å². The molecule has 0 spiro atoms. The van der Waals surface area contributed by atoms with Gasteiger partial charge in [0.25, 0.3) is 0 Å². The Hall–Kier alpha value is -1.36. The highest BCUT2D eigenvalue weighted by atomic mass is 16.4. The maximum atomic E-state index is 12.7. The summed E-state index contributed by atoms with van der Waals surface area (Å²) in [5, 5.41) is 18.5. The molecule has 0 aromatic heterocycles. The first-order chi connectivity index (χ1) is 9.60. The van der Waals surface area contributed by atoms with Crippen LogP contribution >= 0.6 is 0 Å². The Morgan fingerprint density at radius 2 is 1.85 bits per heavy atom. The highest BCUT2D eigenvalue weighted by molar-refractivity contribution is 5.87. The molecule has 1 fully saturated rings. The Balaban J connectivity index is 2.13. The second kappa shape index (κ2) is 6.39. The summed E-state index contributed by atoms with van der Waals surface area (Å²) in [6, 6.07) is 0. The van der Waals surface area contributed by atoms with Crippen molar-refractivity contribution in [3.63, 3.8) is 0 Å². The first kappa shape index (κ1) is 15.0. The van der Waals surface area contributed by atoms with Crippen molar-refractivity contribution in [2.75, 3.05) is 19.7 Å². The van der Waals surface area contributed by atoms with Crippen LogP contribution in [0.3, 0.4) is 0 Å². The molecule has 2 rings (SSSR count). The van der Waals surface area contributed by atoms with Crippen LogP contribution in [-0.4, -0.2) is 46.7 Å². The van der Waals surface area contributed by atoms with Gasteiger partial charge in [0.2, 0.25) is 5.91 Å². The summed E-state index contributed by atoms with van der Waals surface area (Å²) < 4.78 is 0. The number of unbranched alkanes of at least 4 members (excludes halogenated alkanes) is 1. The summed E-state index contributed by atoms with van der Waals surface area (Å²) in [5.41, 5.74) is 0. The number of carbonyl (C=O) groups excluding carboxylic acids is 1. The van der Waals surface area contributed by atoms with Gasteiger partial charge in [0, 0.05) is 13.1 Å². The van der Waals surface area contributed by atoms with Crippen molar-refractivity contribution in [3.8, 4) is 0 Å². The fourth-order valence-corrected chi connectivity index (χ4v) is 3.51. The van der Waals surface area contributed by atoms with E-state index in [9.17, 15) is 14.7 Å². The lowest BCUT2D eigenvalue weighted by Gasteiger charge is -2.30. The average molecular weight is 281 g/mol. The molecule has 0 aromatic rings. The predicted octanol–water partition coefficient (Wildman–Crippen LogP) is 1.13. The lowest BCUT2D eigenvalue weighted by molar-refractivity contribution is -0.151. The molecule has 2 aliphatic rings. The van der Waals surface area contributed by atoms with Crippen molar-refractivity contribution in [2.24, 2.45) is 23.7 Å². The van der Waals surface area contributed by atoms with Crippen LogP contribution in [0.1, 0.15) is 26.2 Å². The molecular formula is C15H23NO4. The van der Waals surface area contributed by atoms with Gasteiger partial charge in [0.1, 0.15) is 0 Å². The number of rotatable bonds is 7. The van der Waals surface area contributed by atoms with E-state index in [2.05, 4.69) is 0 Å². The third kappa shape index (κ3) is 2.73. The summed E-state index contributed by atoms with van der Waals surface area (Å²) in [6.45, 7) is 2.86. The second-order valence-electron chi connectivity index (χ2n) is 5.74. The van der Waals surface area contributed by atoms with Crippen LogP contribution in [0.15, 0.2) is 12.2 Å². The standard InChI is InChI=1S/C15H23NO4/c1-2-3-6-16(7-8-17)14(18)12-10-4-5-11(9-10)13(12)15(19)20/h4-5,10-13,17H,2-3,6-9H2,1H3,(H,19,20)/t10?,11?,12-,13+/m0/s1. The van der Waals surface area contributed by atoms with E-state index in [1.807, 2.05) is 19.1 Å². The Labute approximate surface area is 119 Å². The number of amides is 1. The molecule has 0 radical (unpaired) electrons. The van der Waals surface area contributed by atoms with Crippen LogP contribution in [0.2, 0.25) is 0 Å². The van der Waals surface area contributed by atoms with Crippen LogP contribution in [0, 0.1) is 23.7 Å². The van der Waals surface area contributed by atoms with E-state index in [4.69, 9.17) is 5.11 Å². The minimum atomic E-state index is -0.875. The minimum Gasteiger partial charge on any atom is -0.481 e. The molecule has 20 heavy (non-hydrogen) atoms. The van der Waals surface area contributed by atoms with Gasteiger partial charge in [-0.15, -0.1) is 0 Å². The first-order valence-electron chi connectivity index (χ1n) is 7.41. The van der Waals surface area contributed by atoms with Gasteiger partial charge in [-0.25, -0.2) is 0 Å². The highest BCUT2D eigenvalue weighted by Crippen LogP contribution is 2.48. The largest absolute Gasteiger partial charge is 0.481 e. The summed E-state index contributed by atoms with van der Waals surface area (Å²) in [4.78, 5) is 25.7. The molecule has 0 heterocycles. The lowest BCUT2D eigenvalue weighted by Crippen LogP contribution is -2.44. The summed E-state index contributed by atoms with van der Waals surface area (Å²) in [6.07, 6.45) is 6.54. The highest BCUT2D eigenvalue weighted by Gasteiger charge is 2.52. The number of hydrogen-bond donors (Lipinski definition) is 2. The Bertz CT molecular complexity index is 407. The van der Waals surface area contributed by atoms with Crippen molar-refractivity contribution in [2.45, 2.75) is 26.2 Å². The minimum absolute atomic E-state index is 0.00592. The molecule has 1 amide bonds. The maximum Gasteiger partial charge on any atom is 0.307 e. The topological polar surface area (TPSA) is 77.8 Å². The molecule has 0 aromatic carbocycles. The number of carboxylic acid groups (broad SMARTS) is 1. The first-order valence-corrected chi connectivity index (χ1v) is 7.41. The zero-order valence-corrected chi connectivity index (χ0v) is 11.9. The molecule has 5 nitrogen and oxygen atoms in total. The molecule has 1 saturated carbocycles. The van der Waals surface area contributed by atoms with Gasteiger partial charge < -0.3 is 15.1 Å². The van der Waals surface area contributed by atoms with Gasteiger partial charge in [-0.2, -0.15) is 0 Å². The van der Waals surface area contributed by atoms with Gasteiger partial charge in [0.15, 0.2) is 0 Å². The fourth-order valence-electron chi connectivity index (χ4n) is 3.51. The number of allylic oxidation sites excluding steroid dienone is 2. The Morgan fingerprint density at radius 3 is 2.40 bits per heavy atom. The van der Waals surface area contributed by atoms with Crippen LogP contribution < -0.4 is 0 Å². The molecule has 2 aliphatic carbocycles. The number of aliphatic hydroxyl groups is 1. The Kier molecular flexibility index (Phi) is 4.81. The zero-order chi connectivity index (χ0) is 14.7. The number of fused-ring (bicyclic) bond motifs is 2. The lowest BCUT2D eigenvalue weighted by atomic mass is 9.82. The van der Waals surface area contributed by atoms with Crippen LogP contribution in [-0.2, 0) is 9.59 Å². The number of aliphatic carboxylic acids is 1. The summed E-state index contributed by atoms with van der Waals surface area (Å²) in [5.74, 6) is -1.98. The van der Waals surface area contributed by atoms with Crippen molar-refractivity contribution in [1.29, 1.82) is 0 Å². The van der Waals surface area contributed by atoms with Gasteiger partial charge >= 0.3 is 5.97 Å². The van der Waals surface area contributed by atoms with Crippen molar-refractivity contribution < 1.29 is 19.8 Å². The molecule has 2 unspecified atom stereocenters. The fraction of sp³-hybridized carbons (Fsp3) is 0.733. The number of carboxylic acids is 1. The van der Waals surface area contributed by atoms with Crippen molar-refractivity contribution in [3.05, 3.63) is 12.2 Å². The van der Waals surface area contributed by atoms with E-state index in [-0.39, 0.29) is 24.3 Å². The van der Waals surface area contributed by atoms with Gasteiger partial charge in [-0.3, -0.25) is 9.59 Å². The number of carbonyl (C=O) groups is 2. The van der Waals surface area contributed by atoms with Crippen molar-refractivity contribution in [1.82, 2.24) is 4.90 Å². The maximum absolute atomic E-state index is 12.7. The van der Waals surface area contributed by atoms with E-state index in [0.29, 0.717) is 13.1 Å². The quantitative estimate of drug-likeness (QED) is 0.686. The number of aliphatic hydroxyl groups excluding tert-OH is 1. The molecule has 4 atom stereocenters. The monoisotopic (exact) mass is 281 g/mol. The van der Waals surface area contributed by atoms with E-state index < -0.39 is 17.8 Å². The number of hydrogen-bond acceptors (Lipinski definition) is 3.